The minimum atomic E-state index is -0.994. The summed E-state index contributed by atoms with van der Waals surface area (Å²) in [7, 11) is 3.19. The molecule has 0 aromatic heterocycles. The van der Waals surface area contributed by atoms with Gasteiger partial charge in [0.05, 0.1) is 25.3 Å². The summed E-state index contributed by atoms with van der Waals surface area (Å²) in [5.74, 6) is 0.0633. The van der Waals surface area contributed by atoms with Crippen LogP contribution in [0.15, 0.2) is 104 Å². The van der Waals surface area contributed by atoms with E-state index < -0.39 is 24.3 Å². The predicted molar refractivity (Wildman–Crippen MR) is 194 cm³/mol. The second-order valence-corrected chi connectivity index (χ2v) is 12.6. The minimum absolute atomic E-state index is 0.144. The number of carbonyl (C=O) groups is 3. The molecule has 266 valence electrons. The molecule has 1 unspecified atom stereocenters. The molecule has 0 heterocycles. The van der Waals surface area contributed by atoms with E-state index in [-0.39, 0.29) is 43.5 Å². The van der Waals surface area contributed by atoms with Crippen molar-refractivity contribution in [2.45, 2.75) is 69.5 Å². The largest absolute Gasteiger partial charge is 0.497 e. The minimum Gasteiger partial charge on any atom is -0.497 e. The number of likely N-dealkylation sites (N-methyl/N-ethyl adjacent to an activating group) is 1. The van der Waals surface area contributed by atoms with Crippen LogP contribution in [0.2, 0.25) is 0 Å². The molecule has 1 aliphatic carbocycles. The summed E-state index contributed by atoms with van der Waals surface area (Å²) in [6, 6.07) is 23.0. The number of benzene rings is 3. The van der Waals surface area contributed by atoms with Crippen LogP contribution in [0.1, 0.15) is 60.5 Å². The molecular weight excluding hydrogens is 632 g/mol. The van der Waals surface area contributed by atoms with Gasteiger partial charge >= 0.3 is 6.09 Å². The van der Waals surface area contributed by atoms with Crippen LogP contribution >= 0.6 is 0 Å². The van der Waals surface area contributed by atoms with Crippen LogP contribution in [-0.2, 0) is 27.4 Å². The third kappa shape index (κ3) is 10.1. The Bertz CT molecular complexity index is 1580. The molecule has 5 atom stereocenters. The zero-order chi connectivity index (χ0) is 36.0. The van der Waals surface area contributed by atoms with Crippen molar-refractivity contribution < 1.29 is 29.0 Å². The highest BCUT2D eigenvalue weighted by Gasteiger charge is 2.38. The molecule has 0 radical (unpaired) electrons. The number of carbonyl (C=O) groups excluding carboxylic acids is 3. The van der Waals surface area contributed by atoms with Crippen LogP contribution in [0, 0.1) is 0 Å². The highest BCUT2D eigenvalue weighted by molar-refractivity contribution is 5.87. The lowest BCUT2D eigenvalue weighted by Gasteiger charge is -2.31. The van der Waals surface area contributed by atoms with Crippen molar-refractivity contribution in [3.8, 4) is 5.75 Å². The van der Waals surface area contributed by atoms with Crippen molar-refractivity contribution in [2.24, 2.45) is 0 Å². The molecule has 3 amide bonds. The summed E-state index contributed by atoms with van der Waals surface area (Å²) in [5, 5.41) is 18.2. The van der Waals surface area contributed by atoms with Crippen LogP contribution in [0.5, 0.6) is 5.75 Å². The van der Waals surface area contributed by atoms with Crippen LogP contribution < -0.4 is 15.4 Å². The van der Waals surface area contributed by atoms with Gasteiger partial charge in [0, 0.05) is 33.1 Å². The van der Waals surface area contributed by atoms with Crippen LogP contribution in [0.3, 0.4) is 0 Å². The maximum Gasteiger partial charge on any atom is 0.410 e. The van der Waals surface area contributed by atoms with Gasteiger partial charge < -0.3 is 35.0 Å². The Balaban J connectivity index is 1.54. The number of hydrogen-bond donors (Lipinski definition) is 3. The maximum atomic E-state index is 13.6. The first-order valence-corrected chi connectivity index (χ1v) is 17.0. The fraction of sp³-hybridized carbons (Fsp3) is 0.375. The van der Waals surface area contributed by atoms with Crippen LogP contribution in [0.4, 0.5) is 4.79 Å². The first-order valence-electron chi connectivity index (χ1n) is 17.0. The quantitative estimate of drug-likeness (QED) is 0.152. The zero-order valence-electron chi connectivity index (χ0n) is 29.3. The number of amides is 3. The molecule has 0 saturated heterocycles. The molecule has 3 N–H and O–H groups in total. The van der Waals surface area contributed by atoms with E-state index in [0.29, 0.717) is 31.6 Å². The van der Waals surface area contributed by atoms with Crippen LogP contribution in [0.25, 0.3) is 0 Å². The molecule has 4 rings (SSSR count). The van der Waals surface area contributed by atoms with Crippen molar-refractivity contribution in [3.63, 3.8) is 0 Å². The zero-order valence-corrected chi connectivity index (χ0v) is 29.3. The number of nitrogens with one attached hydrogen (secondary N) is 2. The fourth-order valence-electron chi connectivity index (χ4n) is 6.31. The van der Waals surface area contributed by atoms with Gasteiger partial charge in [-0.2, -0.15) is 0 Å². The van der Waals surface area contributed by atoms with E-state index in [0.717, 1.165) is 22.3 Å². The second kappa shape index (κ2) is 18.7. The number of ether oxygens (including phenoxy) is 2. The van der Waals surface area contributed by atoms with Crippen molar-refractivity contribution >= 4 is 17.9 Å². The Morgan fingerprint density at radius 3 is 2.28 bits per heavy atom. The van der Waals surface area contributed by atoms with E-state index in [1.165, 1.54) is 11.8 Å². The van der Waals surface area contributed by atoms with E-state index in [9.17, 15) is 19.5 Å². The van der Waals surface area contributed by atoms with Gasteiger partial charge in [-0.3, -0.25) is 9.59 Å². The average molecular weight is 683 g/mol. The summed E-state index contributed by atoms with van der Waals surface area (Å²) in [6.07, 6.45) is 3.74. The number of hydrogen-bond acceptors (Lipinski definition) is 7. The van der Waals surface area contributed by atoms with Gasteiger partial charge in [0.2, 0.25) is 11.8 Å². The topological polar surface area (TPSA) is 120 Å². The number of aliphatic hydroxyl groups excluding tert-OH is 1. The van der Waals surface area contributed by atoms with Gasteiger partial charge in [0.25, 0.3) is 0 Å². The maximum absolute atomic E-state index is 13.6. The van der Waals surface area contributed by atoms with Gasteiger partial charge in [-0.15, -0.1) is 13.2 Å². The number of rotatable bonds is 18. The van der Waals surface area contributed by atoms with Gasteiger partial charge in [0.15, 0.2) is 0 Å². The fourth-order valence-corrected chi connectivity index (χ4v) is 6.31. The first kappa shape index (κ1) is 37.9. The molecule has 0 fully saturated rings. The lowest BCUT2D eigenvalue weighted by atomic mass is 9.99. The molecule has 1 aliphatic rings. The predicted octanol–water partition coefficient (Wildman–Crippen LogP) is 5.50. The van der Waals surface area contributed by atoms with Crippen molar-refractivity contribution in [1.29, 1.82) is 0 Å². The molecular formula is C40H50N4O6. The second-order valence-electron chi connectivity index (χ2n) is 12.6. The molecule has 10 heteroatoms. The molecule has 0 bridgehead atoms. The summed E-state index contributed by atoms with van der Waals surface area (Å²) in [6.45, 7) is 9.75. The van der Waals surface area contributed by atoms with E-state index in [1.54, 1.807) is 31.2 Å². The molecule has 0 aliphatic heterocycles. The Labute approximate surface area is 295 Å². The molecule has 0 spiro atoms. The average Bonchev–Trinajstić information content (AvgIpc) is 3.49. The summed E-state index contributed by atoms with van der Waals surface area (Å²) in [5.41, 5.74) is 3.77. The number of fused-ring (bicyclic) bond motifs is 1. The van der Waals surface area contributed by atoms with Crippen molar-refractivity contribution in [1.82, 2.24) is 20.4 Å². The van der Waals surface area contributed by atoms with Gasteiger partial charge in [0.1, 0.15) is 18.4 Å². The van der Waals surface area contributed by atoms with E-state index in [2.05, 4.69) is 23.8 Å². The molecule has 0 saturated carbocycles. The first-order chi connectivity index (χ1) is 24.2. The highest BCUT2D eigenvalue weighted by atomic mass is 16.6. The van der Waals surface area contributed by atoms with Gasteiger partial charge in [-0.25, -0.2) is 4.79 Å². The van der Waals surface area contributed by atoms with Crippen LogP contribution in [-0.4, -0.2) is 78.2 Å². The van der Waals surface area contributed by atoms with E-state index >= 15 is 0 Å². The monoisotopic (exact) mass is 682 g/mol. The Hall–Kier alpha value is -4.93. The molecule has 50 heavy (non-hydrogen) atoms. The van der Waals surface area contributed by atoms with Crippen molar-refractivity contribution in [3.05, 3.63) is 126 Å². The Kier molecular flexibility index (Phi) is 14.2. The van der Waals surface area contributed by atoms with Crippen molar-refractivity contribution in [2.75, 3.05) is 27.2 Å². The molecule has 3 aromatic rings. The Morgan fingerprint density at radius 1 is 0.980 bits per heavy atom. The lowest BCUT2D eigenvalue weighted by molar-refractivity contribution is -0.138. The normalized spacial score (nSPS) is 16.6. The molecule has 3 aromatic carbocycles. The van der Waals surface area contributed by atoms with Gasteiger partial charge in [-0.1, -0.05) is 78.9 Å². The SMILES string of the molecule is C=CCCN(C(=O)OCc1ccccc1)C1C[C@H](NC[C@@H](O)[C@H](Cc2ccccc2)NC(=O)[C@H](CC=C)N(C)C(C)=O)c2cc(OC)ccc21. The van der Waals surface area contributed by atoms with E-state index in [1.807, 2.05) is 78.9 Å². The highest BCUT2D eigenvalue weighted by Crippen LogP contribution is 2.44. The number of aliphatic hydroxyl groups is 1. The summed E-state index contributed by atoms with van der Waals surface area (Å²) in [4.78, 5) is 42.4. The standard InChI is InChI=1S/C40H50N4O6/c1-6-8-22-44(40(48)50-27-30-18-13-10-14-19-30)37-25-34(33-24-31(49-5)20-21-32(33)37)41-26-38(46)35(23-29-16-11-9-12-17-29)42-39(47)36(15-7-2)43(4)28(3)45/h6-7,9-14,16-21,24,34-38,41,46H,1-2,8,15,22-23,25-27H2,3-5H3,(H,42,47)/t34-,35-,36-,37?,38+/m0/s1. The third-order valence-corrected chi connectivity index (χ3v) is 9.20. The Morgan fingerprint density at radius 2 is 1.66 bits per heavy atom. The third-order valence-electron chi connectivity index (χ3n) is 9.20. The lowest BCUT2D eigenvalue weighted by Crippen LogP contribution is -2.54. The molecule has 10 nitrogen and oxygen atoms in total. The van der Waals surface area contributed by atoms with E-state index in [4.69, 9.17) is 9.47 Å². The number of methoxy groups -OCH3 is 1. The smallest absolute Gasteiger partial charge is 0.410 e. The van der Waals surface area contributed by atoms with Gasteiger partial charge in [-0.05, 0) is 60.1 Å². The summed E-state index contributed by atoms with van der Waals surface area (Å²) >= 11 is 0. The number of nitrogens with zero attached hydrogens (tertiary/aromatic N) is 2. The summed E-state index contributed by atoms with van der Waals surface area (Å²) < 4.78 is 11.3.